The van der Waals surface area contributed by atoms with Crippen LogP contribution in [0.3, 0.4) is 0 Å². The van der Waals surface area contributed by atoms with E-state index in [0.717, 1.165) is 6.42 Å². The van der Waals surface area contributed by atoms with E-state index in [1.54, 1.807) is 0 Å². The molecule has 2 rings (SSSR count). The summed E-state index contributed by atoms with van der Waals surface area (Å²) in [5.41, 5.74) is 2.72. The molecule has 0 saturated carbocycles. The molecule has 0 aliphatic heterocycles. The first-order valence-corrected chi connectivity index (χ1v) is 4.21. The Hall–Kier alpha value is 0.280. The first kappa shape index (κ1) is 20.7. The second-order valence-electron chi connectivity index (χ2n) is 2.97. The average molecular weight is 408 g/mol. The fraction of sp³-hybridized carbons (Fsp3) is 0.250. The number of rotatable bonds is 0. The van der Waals surface area contributed by atoms with Crippen LogP contribution in [0, 0.1) is 19.9 Å². The molecule has 1 aliphatic carbocycles. The van der Waals surface area contributed by atoms with Gasteiger partial charge in [0, 0.05) is 0 Å². The third-order valence-electron chi connectivity index (χ3n) is 1.65. The summed E-state index contributed by atoms with van der Waals surface area (Å²) in [6, 6.07) is 6.41. The van der Waals surface area contributed by atoms with Crippen molar-refractivity contribution in [3.63, 3.8) is 0 Å². The van der Waals surface area contributed by atoms with Gasteiger partial charge >= 0.3 is 25.8 Å². The molecule has 3 heteroatoms. The fourth-order valence-corrected chi connectivity index (χ4v) is 1.06. The van der Waals surface area contributed by atoms with Crippen molar-refractivity contribution in [2.75, 3.05) is 0 Å². The topological polar surface area (TPSA) is 0 Å². The van der Waals surface area contributed by atoms with Gasteiger partial charge in [-0.3, -0.25) is 6.08 Å². The van der Waals surface area contributed by atoms with Gasteiger partial charge in [0.2, 0.25) is 0 Å². The number of hydrogen-bond acceptors (Lipinski definition) is 0. The van der Waals surface area contributed by atoms with Crippen LogP contribution in [0.25, 0.3) is 0 Å². The number of aryl methyl sites for hydroxylation is 2. The van der Waals surface area contributed by atoms with Gasteiger partial charge in [0.15, 0.2) is 0 Å². The molecule has 15 heavy (non-hydrogen) atoms. The average Bonchev–Trinajstić information content (AvgIpc) is 2.63. The van der Waals surface area contributed by atoms with Crippen molar-refractivity contribution in [2.24, 2.45) is 0 Å². The monoisotopic (exact) mass is 408 g/mol. The van der Waals surface area contributed by atoms with Gasteiger partial charge in [-0.25, -0.2) is 23.8 Å². The molecule has 80 valence electrons. The van der Waals surface area contributed by atoms with E-state index in [1.807, 2.05) is 12.2 Å². The predicted octanol–water partition coefficient (Wildman–Crippen LogP) is -2.67. The van der Waals surface area contributed by atoms with Crippen LogP contribution in [0.2, 0.25) is 0 Å². The maximum atomic E-state index is 2.99. The molecule has 1 aromatic carbocycles. The van der Waals surface area contributed by atoms with Gasteiger partial charge in [-0.2, -0.15) is 23.8 Å². The fourth-order valence-electron chi connectivity index (χ4n) is 1.06. The second kappa shape index (κ2) is 12.4. The summed E-state index contributed by atoms with van der Waals surface area (Å²) in [5, 5.41) is 0. The molecule has 0 atom stereocenters. The summed E-state index contributed by atoms with van der Waals surface area (Å²) < 4.78 is 0. The van der Waals surface area contributed by atoms with E-state index >= 15 is 0 Å². The molecule has 0 amide bonds. The molecule has 0 saturated heterocycles. The zero-order chi connectivity index (χ0) is 8.81. The summed E-state index contributed by atoms with van der Waals surface area (Å²) in [6.07, 6.45) is 10.0. The molecule has 0 nitrogen and oxygen atoms in total. The van der Waals surface area contributed by atoms with Crippen molar-refractivity contribution >= 4 is 0 Å². The third kappa shape index (κ3) is 10.6. The first-order chi connectivity index (χ1) is 5.79. The van der Waals surface area contributed by atoms with Crippen LogP contribution in [0.15, 0.2) is 36.4 Å². The molecule has 0 bridgehead atoms. The Balaban J connectivity index is -0.000000165. The van der Waals surface area contributed by atoms with Gasteiger partial charge in [-0.1, -0.05) is 13.8 Å². The Labute approximate surface area is 124 Å². The van der Waals surface area contributed by atoms with Crippen LogP contribution in [-0.2, 0) is 25.8 Å². The zero-order valence-electron chi connectivity index (χ0n) is 8.93. The van der Waals surface area contributed by atoms with E-state index in [1.165, 1.54) is 11.1 Å². The van der Waals surface area contributed by atoms with E-state index in [4.69, 9.17) is 0 Å². The Morgan fingerprint density at radius 1 is 1.33 bits per heavy atom. The van der Waals surface area contributed by atoms with Crippen LogP contribution in [0.1, 0.15) is 17.5 Å². The molecule has 0 spiro atoms. The summed E-state index contributed by atoms with van der Waals surface area (Å²) >= 11 is 0. The van der Waals surface area contributed by atoms with Crippen molar-refractivity contribution in [2.45, 2.75) is 20.3 Å². The molecule has 0 aromatic heterocycles. The van der Waals surface area contributed by atoms with E-state index in [0.29, 0.717) is 0 Å². The molecule has 1 aliphatic rings. The maximum Gasteiger partial charge on any atom is 4.00 e. The smallest absolute Gasteiger partial charge is 1.00 e. The normalized spacial score (nSPS) is 10.3. The Bertz CT molecular complexity index is 261. The van der Waals surface area contributed by atoms with Crippen molar-refractivity contribution in [1.82, 2.24) is 0 Å². The van der Waals surface area contributed by atoms with E-state index in [9.17, 15) is 0 Å². The molecule has 0 N–H and O–H groups in total. The van der Waals surface area contributed by atoms with Crippen molar-refractivity contribution in [1.29, 1.82) is 0 Å². The van der Waals surface area contributed by atoms with E-state index in [2.05, 4.69) is 44.2 Å². The Morgan fingerprint density at radius 3 is 2.13 bits per heavy atom. The third-order valence-corrected chi connectivity index (χ3v) is 1.65. The molecule has 1 aromatic rings. The number of allylic oxidation sites excluding steroid dienone is 4. The SMILES string of the molecule is Cc1cc[c-](C)c1.[C-]1=CC=CC1.[Cl-].[Cl-].[Hf+4]. The molecule has 0 unspecified atom stereocenters. The molecule has 0 heterocycles. The van der Waals surface area contributed by atoms with Gasteiger partial charge in [-0.15, -0.1) is 6.42 Å². The minimum atomic E-state index is 0. The minimum Gasteiger partial charge on any atom is -1.00 e. The summed E-state index contributed by atoms with van der Waals surface area (Å²) in [7, 11) is 0. The van der Waals surface area contributed by atoms with Crippen molar-refractivity contribution in [3.8, 4) is 0 Å². The second-order valence-corrected chi connectivity index (χ2v) is 2.97. The molecule has 0 radical (unpaired) electrons. The van der Waals surface area contributed by atoms with Crippen LogP contribution >= 0.6 is 0 Å². The minimum absolute atomic E-state index is 0. The first-order valence-electron chi connectivity index (χ1n) is 4.21. The van der Waals surface area contributed by atoms with Gasteiger partial charge in [0.1, 0.15) is 0 Å². The molecule has 0 fully saturated rings. The van der Waals surface area contributed by atoms with Gasteiger partial charge in [0.25, 0.3) is 0 Å². The Kier molecular flexibility index (Phi) is 17.0. The van der Waals surface area contributed by atoms with Crippen molar-refractivity contribution in [3.05, 3.63) is 53.6 Å². The van der Waals surface area contributed by atoms with Gasteiger partial charge < -0.3 is 24.8 Å². The largest absolute Gasteiger partial charge is 4.00 e. The molecular formula is C12H14Cl2Hf. The molecular weight excluding hydrogens is 394 g/mol. The van der Waals surface area contributed by atoms with Crippen LogP contribution in [0.5, 0.6) is 0 Å². The summed E-state index contributed by atoms with van der Waals surface area (Å²) in [5.74, 6) is 0. The van der Waals surface area contributed by atoms with Crippen LogP contribution < -0.4 is 24.8 Å². The maximum absolute atomic E-state index is 2.99. The number of hydrogen-bond donors (Lipinski definition) is 0. The summed E-state index contributed by atoms with van der Waals surface area (Å²) in [4.78, 5) is 0. The van der Waals surface area contributed by atoms with Gasteiger partial charge in [0.05, 0.1) is 0 Å². The zero-order valence-corrected chi connectivity index (χ0v) is 14.0. The summed E-state index contributed by atoms with van der Waals surface area (Å²) in [6.45, 7) is 4.21. The quantitative estimate of drug-likeness (QED) is 0.325. The van der Waals surface area contributed by atoms with Gasteiger partial charge in [-0.05, 0) is 0 Å². The van der Waals surface area contributed by atoms with Crippen LogP contribution in [-0.4, -0.2) is 0 Å². The number of halogens is 2. The van der Waals surface area contributed by atoms with Crippen molar-refractivity contribution < 1.29 is 50.7 Å². The van der Waals surface area contributed by atoms with E-state index < -0.39 is 0 Å². The van der Waals surface area contributed by atoms with Crippen LogP contribution in [0.4, 0.5) is 0 Å². The predicted molar refractivity (Wildman–Crippen MR) is 53.1 cm³/mol. The van der Waals surface area contributed by atoms with E-state index in [-0.39, 0.29) is 50.7 Å². The Morgan fingerprint density at radius 2 is 2.00 bits per heavy atom. The standard InChI is InChI=1S/C7H9.C5H5.2ClH.Hf/c1-6-3-4-7(2)5-6;1-2-4-5-3-1;;;/h3-5H,1-2H3;1-3H,4H2;2*1H;/q2*-1;;;+4/p-2.